The van der Waals surface area contributed by atoms with Gasteiger partial charge in [-0.1, -0.05) is 13.0 Å². The minimum atomic E-state index is -0.566. The van der Waals surface area contributed by atoms with Crippen LogP contribution in [0.15, 0.2) is 18.2 Å². The monoisotopic (exact) mass is 300 g/mol. The van der Waals surface area contributed by atoms with Gasteiger partial charge in [0.25, 0.3) is 5.91 Å². The Balaban J connectivity index is 3.01. The lowest BCUT2D eigenvalue weighted by Gasteiger charge is -2.12. The molecule has 1 amide bonds. The summed E-state index contributed by atoms with van der Waals surface area (Å²) in [6.45, 7) is 4.23. The number of rotatable bonds is 7. The number of amides is 1. The average molecular weight is 301 g/mol. The molecule has 0 aliphatic rings. The van der Waals surface area contributed by atoms with Crippen molar-refractivity contribution < 1.29 is 14.5 Å². The van der Waals surface area contributed by atoms with Gasteiger partial charge in [-0.25, -0.2) is 0 Å². The summed E-state index contributed by atoms with van der Waals surface area (Å²) in [4.78, 5) is 22.5. The molecule has 0 saturated carbocycles. The fourth-order valence-corrected chi connectivity index (χ4v) is 1.67. The second-order valence-electron chi connectivity index (χ2n) is 4.31. The van der Waals surface area contributed by atoms with E-state index in [1.807, 2.05) is 6.92 Å². The van der Waals surface area contributed by atoms with E-state index < -0.39 is 10.8 Å². The first-order valence-electron chi connectivity index (χ1n) is 6.25. The number of para-hydroxylation sites is 1. The predicted molar refractivity (Wildman–Crippen MR) is 76.5 cm³/mol. The number of hydrogen-bond donors (Lipinski definition) is 1. The first kappa shape index (κ1) is 16.2. The van der Waals surface area contributed by atoms with E-state index in [1.54, 1.807) is 6.92 Å². The zero-order valence-electron chi connectivity index (χ0n) is 11.4. The molecule has 0 heterocycles. The molecule has 0 fully saturated rings. The summed E-state index contributed by atoms with van der Waals surface area (Å²) in [5.74, 6) is 0.132. The molecule has 1 rings (SSSR count). The van der Waals surface area contributed by atoms with E-state index in [9.17, 15) is 14.9 Å². The SMILES string of the molecule is CCOc1c(C(=O)NCC(C)CCl)cccc1[N+](=O)[O-]. The highest BCUT2D eigenvalue weighted by atomic mass is 35.5. The van der Waals surface area contributed by atoms with Crippen LogP contribution in [-0.2, 0) is 0 Å². The van der Waals surface area contributed by atoms with Crippen LogP contribution in [-0.4, -0.2) is 29.9 Å². The molecule has 1 aromatic carbocycles. The smallest absolute Gasteiger partial charge is 0.311 e. The molecule has 6 nitrogen and oxygen atoms in total. The summed E-state index contributed by atoms with van der Waals surface area (Å²) >= 11 is 5.66. The maximum absolute atomic E-state index is 12.1. The van der Waals surface area contributed by atoms with E-state index in [-0.39, 0.29) is 29.5 Å². The third-order valence-electron chi connectivity index (χ3n) is 2.60. The molecule has 7 heteroatoms. The molecule has 0 spiro atoms. The Morgan fingerprint density at radius 2 is 2.25 bits per heavy atom. The number of nitro groups is 1. The lowest BCUT2D eigenvalue weighted by molar-refractivity contribution is -0.385. The molecule has 0 bridgehead atoms. The molecule has 110 valence electrons. The Morgan fingerprint density at radius 1 is 1.55 bits per heavy atom. The summed E-state index contributed by atoms with van der Waals surface area (Å²) in [5.41, 5.74) is -0.0623. The standard InChI is InChI=1S/C13H17ClN2O4/c1-3-20-12-10(5-4-6-11(12)16(18)19)13(17)15-8-9(2)7-14/h4-6,9H,3,7-8H2,1-2H3,(H,15,17). The van der Waals surface area contributed by atoms with Crippen LogP contribution in [0.5, 0.6) is 5.75 Å². The lowest BCUT2D eigenvalue weighted by atomic mass is 10.1. The molecule has 20 heavy (non-hydrogen) atoms. The highest BCUT2D eigenvalue weighted by Gasteiger charge is 2.23. The van der Waals surface area contributed by atoms with Crippen molar-refractivity contribution >= 4 is 23.2 Å². The Kier molecular flexibility index (Phi) is 6.24. The molecule has 1 aromatic rings. The molecule has 0 aromatic heterocycles. The number of benzene rings is 1. The Bertz CT molecular complexity index is 493. The van der Waals surface area contributed by atoms with Gasteiger partial charge in [0, 0.05) is 18.5 Å². The normalized spacial score (nSPS) is 11.8. The number of hydrogen-bond acceptors (Lipinski definition) is 4. The first-order chi connectivity index (χ1) is 9.51. The highest BCUT2D eigenvalue weighted by Crippen LogP contribution is 2.30. The fraction of sp³-hybridized carbons (Fsp3) is 0.462. The topological polar surface area (TPSA) is 81.5 Å². The second-order valence-corrected chi connectivity index (χ2v) is 4.62. The van der Waals surface area contributed by atoms with E-state index in [4.69, 9.17) is 16.3 Å². The van der Waals surface area contributed by atoms with Crippen molar-refractivity contribution in [3.63, 3.8) is 0 Å². The lowest BCUT2D eigenvalue weighted by Crippen LogP contribution is -2.29. The maximum Gasteiger partial charge on any atom is 0.311 e. The van der Waals surface area contributed by atoms with Crippen molar-refractivity contribution in [1.82, 2.24) is 5.32 Å². The Hall–Kier alpha value is -1.82. The van der Waals surface area contributed by atoms with Gasteiger partial charge in [0.15, 0.2) is 0 Å². The predicted octanol–water partition coefficient (Wildman–Crippen LogP) is 2.60. The highest BCUT2D eigenvalue weighted by molar-refractivity contribution is 6.18. The van der Waals surface area contributed by atoms with Crippen molar-refractivity contribution in [2.75, 3.05) is 19.0 Å². The summed E-state index contributed by atoms with van der Waals surface area (Å²) in [6.07, 6.45) is 0. The number of ether oxygens (including phenoxy) is 1. The number of alkyl halides is 1. The van der Waals surface area contributed by atoms with Gasteiger partial charge in [0.1, 0.15) is 0 Å². The van der Waals surface area contributed by atoms with Gasteiger partial charge in [-0.2, -0.15) is 0 Å². The Morgan fingerprint density at radius 3 is 2.80 bits per heavy atom. The summed E-state index contributed by atoms with van der Waals surface area (Å²) in [6, 6.07) is 4.27. The molecule has 0 aliphatic carbocycles. The zero-order chi connectivity index (χ0) is 15.1. The van der Waals surface area contributed by atoms with Crippen LogP contribution in [0.2, 0.25) is 0 Å². The first-order valence-corrected chi connectivity index (χ1v) is 6.79. The molecular weight excluding hydrogens is 284 g/mol. The molecule has 1 unspecified atom stereocenters. The number of carbonyl (C=O) groups is 1. The van der Waals surface area contributed by atoms with E-state index in [0.29, 0.717) is 12.4 Å². The number of halogens is 1. The summed E-state index contributed by atoms with van der Waals surface area (Å²) in [7, 11) is 0. The number of nitrogens with one attached hydrogen (secondary N) is 1. The second kappa shape index (κ2) is 7.69. The van der Waals surface area contributed by atoms with Crippen LogP contribution in [0, 0.1) is 16.0 Å². The third-order valence-corrected chi connectivity index (χ3v) is 3.13. The summed E-state index contributed by atoms with van der Waals surface area (Å²) < 4.78 is 5.26. The molecule has 0 saturated heterocycles. The van der Waals surface area contributed by atoms with Crippen molar-refractivity contribution in [3.05, 3.63) is 33.9 Å². The van der Waals surface area contributed by atoms with Crippen LogP contribution in [0.1, 0.15) is 24.2 Å². The van der Waals surface area contributed by atoms with Crippen molar-refractivity contribution in [3.8, 4) is 5.75 Å². The zero-order valence-corrected chi connectivity index (χ0v) is 12.1. The van der Waals surface area contributed by atoms with E-state index in [2.05, 4.69) is 5.32 Å². The van der Waals surface area contributed by atoms with Gasteiger partial charge < -0.3 is 10.1 Å². The van der Waals surface area contributed by atoms with Crippen LogP contribution in [0.4, 0.5) is 5.69 Å². The minimum absolute atomic E-state index is 0.00368. The minimum Gasteiger partial charge on any atom is -0.487 e. The van der Waals surface area contributed by atoms with Crippen molar-refractivity contribution in [2.45, 2.75) is 13.8 Å². The summed E-state index contributed by atoms with van der Waals surface area (Å²) in [5, 5.41) is 13.6. The third kappa shape index (κ3) is 4.09. The average Bonchev–Trinajstić information content (AvgIpc) is 2.44. The molecule has 1 N–H and O–H groups in total. The van der Waals surface area contributed by atoms with Crippen LogP contribution in [0.3, 0.4) is 0 Å². The molecular formula is C13H17ClN2O4. The van der Waals surface area contributed by atoms with Crippen LogP contribution >= 0.6 is 11.6 Å². The number of nitro benzene ring substituents is 1. The number of nitrogens with zero attached hydrogens (tertiary/aromatic N) is 1. The van der Waals surface area contributed by atoms with E-state index >= 15 is 0 Å². The van der Waals surface area contributed by atoms with E-state index in [0.717, 1.165) is 0 Å². The van der Waals surface area contributed by atoms with Crippen molar-refractivity contribution in [2.24, 2.45) is 5.92 Å². The van der Waals surface area contributed by atoms with Gasteiger partial charge in [-0.05, 0) is 18.9 Å². The van der Waals surface area contributed by atoms with E-state index in [1.165, 1.54) is 18.2 Å². The van der Waals surface area contributed by atoms with Gasteiger partial charge >= 0.3 is 5.69 Å². The van der Waals surface area contributed by atoms with Crippen molar-refractivity contribution in [1.29, 1.82) is 0 Å². The molecule has 0 radical (unpaired) electrons. The van der Waals surface area contributed by atoms with Gasteiger partial charge in [-0.15, -0.1) is 11.6 Å². The largest absolute Gasteiger partial charge is 0.487 e. The van der Waals surface area contributed by atoms with Crippen LogP contribution < -0.4 is 10.1 Å². The van der Waals surface area contributed by atoms with Crippen LogP contribution in [0.25, 0.3) is 0 Å². The number of carbonyl (C=O) groups excluding carboxylic acids is 1. The molecule has 1 atom stereocenters. The molecule has 0 aliphatic heterocycles. The quantitative estimate of drug-likeness (QED) is 0.477. The maximum atomic E-state index is 12.1. The Labute approximate surface area is 122 Å². The van der Waals surface area contributed by atoms with Gasteiger partial charge in [0.05, 0.1) is 17.1 Å². The van der Waals surface area contributed by atoms with Gasteiger partial charge in [-0.3, -0.25) is 14.9 Å². The fourth-order valence-electron chi connectivity index (χ4n) is 1.56. The van der Waals surface area contributed by atoms with Gasteiger partial charge in [0.2, 0.25) is 5.75 Å².